The summed E-state index contributed by atoms with van der Waals surface area (Å²) in [7, 11) is 0. The van der Waals surface area contributed by atoms with Crippen LogP contribution in [0, 0.1) is 5.41 Å². The third-order valence-electron chi connectivity index (χ3n) is 6.62. The number of hydrogen-bond acceptors (Lipinski definition) is 5. The summed E-state index contributed by atoms with van der Waals surface area (Å²) in [6.45, 7) is 1.53. The van der Waals surface area contributed by atoms with E-state index >= 15 is 0 Å². The van der Waals surface area contributed by atoms with Crippen LogP contribution in [0.3, 0.4) is 0 Å². The van der Waals surface area contributed by atoms with Crippen LogP contribution in [-0.4, -0.2) is 47.4 Å². The van der Waals surface area contributed by atoms with Crippen molar-refractivity contribution in [3.05, 3.63) is 71.8 Å². The number of ether oxygens (including phenoxy) is 2. The quantitative estimate of drug-likeness (QED) is 0.740. The minimum atomic E-state index is -0.475. The van der Waals surface area contributed by atoms with Gasteiger partial charge in [-0.1, -0.05) is 60.7 Å². The Kier molecular flexibility index (Phi) is 6.95. The molecule has 170 valence electrons. The number of alkyl carbamates (subject to hydrolysis) is 1. The lowest BCUT2D eigenvalue weighted by atomic mass is 9.74. The van der Waals surface area contributed by atoms with Crippen molar-refractivity contribution in [2.45, 2.75) is 51.0 Å². The second kappa shape index (κ2) is 10.0. The zero-order chi connectivity index (χ0) is 22.4. The molecule has 4 rings (SSSR count). The molecule has 7 heteroatoms. The molecule has 0 bridgehead atoms. The number of nitrogens with zero attached hydrogens (tertiary/aromatic N) is 1. The van der Waals surface area contributed by atoms with Gasteiger partial charge >= 0.3 is 12.2 Å². The summed E-state index contributed by atoms with van der Waals surface area (Å²) in [5.74, 6) is 0. The van der Waals surface area contributed by atoms with E-state index in [1.807, 2.05) is 60.7 Å². The smallest absolute Gasteiger partial charge is 0.410 e. The molecule has 1 saturated heterocycles. The fourth-order valence-corrected chi connectivity index (χ4v) is 4.83. The van der Waals surface area contributed by atoms with Gasteiger partial charge in [0.1, 0.15) is 13.2 Å². The van der Waals surface area contributed by atoms with E-state index in [0.717, 1.165) is 11.1 Å². The van der Waals surface area contributed by atoms with Gasteiger partial charge in [-0.2, -0.15) is 0 Å². The maximum Gasteiger partial charge on any atom is 0.410 e. The first-order valence-electron chi connectivity index (χ1n) is 11.1. The highest BCUT2D eigenvalue weighted by Gasteiger charge is 2.49. The molecule has 0 aromatic heterocycles. The summed E-state index contributed by atoms with van der Waals surface area (Å²) in [5.41, 5.74) is 1.64. The second-order valence-electron chi connectivity index (χ2n) is 8.74. The highest BCUT2D eigenvalue weighted by molar-refractivity contribution is 5.68. The predicted octanol–water partition coefficient (Wildman–Crippen LogP) is 3.86. The van der Waals surface area contributed by atoms with Crippen LogP contribution in [-0.2, 0) is 22.7 Å². The Morgan fingerprint density at radius 2 is 1.50 bits per heavy atom. The number of aliphatic hydroxyl groups excluding tert-OH is 1. The summed E-state index contributed by atoms with van der Waals surface area (Å²) in [6.07, 6.45) is 1.25. The Morgan fingerprint density at radius 1 is 0.938 bits per heavy atom. The lowest BCUT2D eigenvalue weighted by molar-refractivity contribution is 0.0469. The fraction of sp³-hybridized carbons (Fsp3) is 0.440. The van der Waals surface area contributed by atoms with Crippen LogP contribution < -0.4 is 5.32 Å². The molecule has 0 radical (unpaired) electrons. The minimum Gasteiger partial charge on any atom is -0.445 e. The first-order valence-corrected chi connectivity index (χ1v) is 11.1. The number of benzene rings is 2. The lowest BCUT2D eigenvalue weighted by Crippen LogP contribution is -2.51. The van der Waals surface area contributed by atoms with E-state index in [0.29, 0.717) is 38.8 Å². The molecule has 1 aliphatic carbocycles. The molecule has 1 saturated carbocycles. The van der Waals surface area contributed by atoms with Crippen molar-refractivity contribution in [2.75, 3.05) is 13.1 Å². The van der Waals surface area contributed by atoms with E-state index in [9.17, 15) is 14.7 Å². The van der Waals surface area contributed by atoms with Gasteiger partial charge in [0.15, 0.2) is 0 Å². The number of nitrogens with one attached hydrogen (secondary N) is 1. The molecule has 2 aromatic rings. The summed E-state index contributed by atoms with van der Waals surface area (Å²) < 4.78 is 10.8. The van der Waals surface area contributed by atoms with Gasteiger partial charge in [0.2, 0.25) is 0 Å². The molecule has 2 N–H and O–H groups in total. The minimum absolute atomic E-state index is 0.178. The zero-order valence-corrected chi connectivity index (χ0v) is 18.1. The van der Waals surface area contributed by atoms with Crippen LogP contribution in [0.5, 0.6) is 0 Å². The van der Waals surface area contributed by atoms with Crippen LogP contribution in [0.2, 0.25) is 0 Å². The van der Waals surface area contributed by atoms with Crippen molar-refractivity contribution in [2.24, 2.45) is 5.41 Å². The number of aliphatic hydroxyl groups is 1. The van der Waals surface area contributed by atoms with Gasteiger partial charge in [0.25, 0.3) is 0 Å². The van der Waals surface area contributed by atoms with E-state index in [2.05, 4.69) is 5.32 Å². The van der Waals surface area contributed by atoms with E-state index in [-0.39, 0.29) is 30.8 Å². The lowest BCUT2D eigenvalue weighted by Gasteiger charge is -2.42. The molecule has 1 spiro atoms. The highest BCUT2D eigenvalue weighted by Crippen LogP contribution is 2.46. The largest absolute Gasteiger partial charge is 0.445 e. The first kappa shape index (κ1) is 22.1. The molecule has 2 atom stereocenters. The van der Waals surface area contributed by atoms with E-state index < -0.39 is 12.2 Å². The van der Waals surface area contributed by atoms with Crippen LogP contribution in [0.1, 0.15) is 36.8 Å². The Labute approximate surface area is 188 Å². The molecule has 32 heavy (non-hydrogen) atoms. The van der Waals surface area contributed by atoms with Crippen molar-refractivity contribution in [3.63, 3.8) is 0 Å². The Bertz CT molecular complexity index is 897. The SMILES string of the molecule is O=C(NC1CC(O)CC12CCN(C(=O)OCc1ccccc1)CC2)OCc1ccccc1. The number of carbonyl (C=O) groups is 2. The molecule has 2 unspecified atom stereocenters. The van der Waals surface area contributed by atoms with E-state index in [1.165, 1.54) is 0 Å². The van der Waals surface area contributed by atoms with E-state index in [1.54, 1.807) is 4.90 Å². The van der Waals surface area contributed by atoms with Gasteiger partial charge in [-0.15, -0.1) is 0 Å². The van der Waals surface area contributed by atoms with Crippen molar-refractivity contribution < 1.29 is 24.2 Å². The first-order chi connectivity index (χ1) is 15.5. The maximum absolute atomic E-state index is 12.5. The number of piperidine rings is 1. The molecule has 1 heterocycles. The number of hydrogen-bond donors (Lipinski definition) is 2. The summed E-state index contributed by atoms with van der Waals surface area (Å²) in [6, 6.07) is 18.9. The van der Waals surface area contributed by atoms with Crippen LogP contribution >= 0.6 is 0 Å². The molecule has 2 amide bonds. The van der Waals surface area contributed by atoms with Gasteiger partial charge in [-0.3, -0.25) is 0 Å². The molecule has 2 aromatic carbocycles. The van der Waals surface area contributed by atoms with Gasteiger partial charge in [-0.25, -0.2) is 9.59 Å². The van der Waals surface area contributed by atoms with Crippen LogP contribution in [0.15, 0.2) is 60.7 Å². The molecule has 2 aliphatic rings. The van der Waals surface area contributed by atoms with Gasteiger partial charge in [0.05, 0.1) is 6.10 Å². The predicted molar refractivity (Wildman–Crippen MR) is 119 cm³/mol. The van der Waals surface area contributed by atoms with Crippen LogP contribution in [0.4, 0.5) is 9.59 Å². The topological polar surface area (TPSA) is 88.1 Å². The van der Waals surface area contributed by atoms with E-state index in [4.69, 9.17) is 9.47 Å². The normalized spacial score (nSPS) is 21.8. The number of likely N-dealkylation sites (tertiary alicyclic amines) is 1. The monoisotopic (exact) mass is 438 g/mol. The van der Waals surface area contributed by atoms with Gasteiger partial charge < -0.3 is 24.8 Å². The molecular formula is C25H30N2O5. The van der Waals surface area contributed by atoms with Crippen molar-refractivity contribution in [1.82, 2.24) is 10.2 Å². The zero-order valence-electron chi connectivity index (χ0n) is 18.1. The summed E-state index contributed by atoms with van der Waals surface area (Å²) >= 11 is 0. The standard InChI is InChI=1S/C25H30N2O5/c28-21-15-22(26-23(29)31-17-19-7-3-1-4-8-19)25(16-21)11-13-27(14-12-25)24(30)32-18-20-9-5-2-6-10-20/h1-10,21-22,28H,11-18H2,(H,26,29). The average Bonchev–Trinajstić information content (AvgIpc) is 3.11. The van der Waals surface area contributed by atoms with Gasteiger partial charge in [-0.05, 0) is 42.2 Å². The Morgan fingerprint density at radius 3 is 2.09 bits per heavy atom. The van der Waals surface area contributed by atoms with Crippen LogP contribution in [0.25, 0.3) is 0 Å². The maximum atomic E-state index is 12.5. The molecule has 7 nitrogen and oxygen atoms in total. The number of rotatable bonds is 5. The Hall–Kier alpha value is -3.06. The average molecular weight is 439 g/mol. The Balaban J connectivity index is 1.28. The number of amides is 2. The van der Waals surface area contributed by atoms with Crippen molar-refractivity contribution >= 4 is 12.2 Å². The van der Waals surface area contributed by atoms with Crippen molar-refractivity contribution in [1.29, 1.82) is 0 Å². The molecule has 2 fully saturated rings. The number of carbonyl (C=O) groups excluding carboxylic acids is 2. The summed E-state index contributed by atoms with van der Waals surface area (Å²) in [4.78, 5) is 26.6. The summed E-state index contributed by atoms with van der Waals surface area (Å²) in [5, 5.41) is 13.3. The third kappa shape index (κ3) is 5.40. The van der Waals surface area contributed by atoms with Crippen molar-refractivity contribution in [3.8, 4) is 0 Å². The second-order valence-corrected chi connectivity index (χ2v) is 8.74. The molecular weight excluding hydrogens is 408 g/mol. The fourth-order valence-electron chi connectivity index (χ4n) is 4.83. The highest BCUT2D eigenvalue weighted by atomic mass is 16.6. The third-order valence-corrected chi connectivity index (χ3v) is 6.62. The van der Waals surface area contributed by atoms with Gasteiger partial charge in [0, 0.05) is 19.1 Å². The molecule has 1 aliphatic heterocycles.